The van der Waals surface area contributed by atoms with Gasteiger partial charge in [-0.3, -0.25) is 0 Å². The lowest BCUT2D eigenvalue weighted by Crippen LogP contribution is -2.31. The summed E-state index contributed by atoms with van der Waals surface area (Å²) in [6, 6.07) is 7.88. The van der Waals surface area contributed by atoms with Gasteiger partial charge in [0, 0.05) is 10.9 Å². The van der Waals surface area contributed by atoms with Crippen LogP contribution in [0.1, 0.15) is 18.7 Å². The average Bonchev–Trinajstić information content (AvgIpc) is 2.89. The summed E-state index contributed by atoms with van der Waals surface area (Å²) in [5.41, 5.74) is 0.919. The highest BCUT2D eigenvalue weighted by molar-refractivity contribution is 9.10. The molecule has 0 radical (unpaired) electrons. The fourth-order valence-electron chi connectivity index (χ4n) is 2.40. The molecule has 1 saturated heterocycles. The van der Waals surface area contributed by atoms with E-state index in [9.17, 15) is 0 Å². The molecule has 19 heavy (non-hydrogen) atoms. The number of piperidine rings is 1. The zero-order chi connectivity index (χ0) is 13.1. The molecule has 1 aromatic heterocycles. The summed E-state index contributed by atoms with van der Waals surface area (Å²) >= 11 is 3.50. The van der Waals surface area contributed by atoms with Crippen LogP contribution in [0.3, 0.4) is 0 Å². The highest BCUT2D eigenvalue weighted by atomic mass is 79.9. The van der Waals surface area contributed by atoms with Crippen molar-refractivity contribution in [2.24, 2.45) is 5.92 Å². The Kier molecular flexibility index (Phi) is 3.89. The van der Waals surface area contributed by atoms with E-state index in [4.69, 9.17) is 0 Å². The van der Waals surface area contributed by atoms with Gasteiger partial charge in [0.2, 0.25) is 0 Å². The minimum absolute atomic E-state index is 0.630. The van der Waals surface area contributed by atoms with E-state index < -0.39 is 0 Å². The van der Waals surface area contributed by atoms with Crippen molar-refractivity contribution in [2.45, 2.75) is 19.3 Å². The van der Waals surface area contributed by atoms with Crippen LogP contribution in [0.25, 0.3) is 5.69 Å². The second-order valence-corrected chi connectivity index (χ2v) is 5.72. The van der Waals surface area contributed by atoms with Crippen molar-refractivity contribution in [3.63, 3.8) is 0 Å². The van der Waals surface area contributed by atoms with Gasteiger partial charge in [-0.25, -0.2) is 0 Å². The van der Waals surface area contributed by atoms with Crippen LogP contribution in [0.5, 0.6) is 0 Å². The summed E-state index contributed by atoms with van der Waals surface area (Å²) in [6.07, 6.45) is 3.39. The topological polar surface area (TPSA) is 55.6 Å². The summed E-state index contributed by atoms with van der Waals surface area (Å²) in [4.78, 5) is 1.59. The first-order valence-corrected chi connectivity index (χ1v) is 7.37. The Hall–Kier alpha value is -1.27. The lowest BCUT2D eigenvalue weighted by molar-refractivity contribution is 0.370. The Balaban J connectivity index is 1.74. The molecule has 100 valence electrons. The van der Waals surface area contributed by atoms with Gasteiger partial charge in [0.05, 0.1) is 0 Å². The van der Waals surface area contributed by atoms with Crippen molar-refractivity contribution in [2.75, 3.05) is 13.1 Å². The fraction of sp³-hybridized carbons (Fsp3) is 0.462. The first-order chi connectivity index (χ1) is 9.33. The van der Waals surface area contributed by atoms with Gasteiger partial charge >= 0.3 is 0 Å². The van der Waals surface area contributed by atoms with Gasteiger partial charge in [0.25, 0.3) is 0 Å². The average molecular weight is 322 g/mol. The van der Waals surface area contributed by atoms with E-state index in [1.165, 1.54) is 12.8 Å². The monoisotopic (exact) mass is 321 g/mol. The van der Waals surface area contributed by atoms with Crippen LogP contribution in [0.15, 0.2) is 28.7 Å². The van der Waals surface area contributed by atoms with Crippen molar-refractivity contribution in [1.82, 2.24) is 25.5 Å². The third-order valence-corrected chi connectivity index (χ3v) is 4.06. The molecular formula is C13H16BrN5. The number of aromatic nitrogens is 4. The van der Waals surface area contributed by atoms with E-state index in [1.54, 1.807) is 4.80 Å². The number of nitrogens with zero attached hydrogens (tertiary/aromatic N) is 4. The van der Waals surface area contributed by atoms with E-state index in [1.807, 2.05) is 24.3 Å². The minimum atomic E-state index is 0.630. The van der Waals surface area contributed by atoms with Gasteiger partial charge < -0.3 is 5.32 Å². The molecule has 0 bridgehead atoms. The molecule has 1 aliphatic heterocycles. The molecule has 1 fully saturated rings. The van der Waals surface area contributed by atoms with Gasteiger partial charge in [-0.2, -0.15) is 0 Å². The lowest BCUT2D eigenvalue weighted by Gasteiger charge is -2.20. The second-order valence-electron chi connectivity index (χ2n) is 4.86. The van der Waals surface area contributed by atoms with Crippen molar-refractivity contribution < 1.29 is 0 Å². The van der Waals surface area contributed by atoms with Crippen LogP contribution >= 0.6 is 15.9 Å². The number of tetrazole rings is 1. The van der Waals surface area contributed by atoms with Crippen molar-refractivity contribution >= 4 is 15.9 Å². The number of para-hydroxylation sites is 1. The zero-order valence-corrected chi connectivity index (χ0v) is 12.2. The number of rotatable bonds is 3. The van der Waals surface area contributed by atoms with Gasteiger partial charge in [-0.1, -0.05) is 12.1 Å². The molecule has 1 aromatic carbocycles. The summed E-state index contributed by atoms with van der Waals surface area (Å²) in [6.45, 7) is 2.19. The smallest absolute Gasteiger partial charge is 0.175 e. The molecule has 2 aromatic rings. The Labute approximate surface area is 120 Å². The van der Waals surface area contributed by atoms with Gasteiger partial charge in [-0.05, 0) is 65.1 Å². The SMILES string of the molecule is Brc1ccccc1-n1nnc(CC2CCCNC2)n1. The van der Waals surface area contributed by atoms with Crippen LogP contribution in [0.4, 0.5) is 0 Å². The van der Waals surface area contributed by atoms with Gasteiger partial charge in [0.15, 0.2) is 5.82 Å². The van der Waals surface area contributed by atoms with E-state index in [-0.39, 0.29) is 0 Å². The number of hydrogen-bond acceptors (Lipinski definition) is 4. The van der Waals surface area contributed by atoms with Crippen LogP contribution in [-0.2, 0) is 6.42 Å². The number of halogens is 1. The summed E-state index contributed by atoms with van der Waals surface area (Å²) in [5, 5.41) is 16.2. The maximum Gasteiger partial charge on any atom is 0.175 e. The molecule has 1 atom stereocenters. The first kappa shape index (κ1) is 12.7. The first-order valence-electron chi connectivity index (χ1n) is 6.57. The third-order valence-electron chi connectivity index (χ3n) is 3.39. The summed E-state index contributed by atoms with van der Waals surface area (Å²) < 4.78 is 0.971. The molecule has 1 N–H and O–H groups in total. The van der Waals surface area contributed by atoms with Crippen molar-refractivity contribution in [3.8, 4) is 5.69 Å². The van der Waals surface area contributed by atoms with Crippen molar-refractivity contribution in [3.05, 3.63) is 34.6 Å². The highest BCUT2D eigenvalue weighted by Gasteiger charge is 2.16. The summed E-state index contributed by atoms with van der Waals surface area (Å²) in [5.74, 6) is 1.45. The Morgan fingerprint density at radius 2 is 2.26 bits per heavy atom. The molecule has 2 heterocycles. The Morgan fingerprint density at radius 1 is 1.37 bits per heavy atom. The largest absolute Gasteiger partial charge is 0.316 e. The number of nitrogens with one attached hydrogen (secondary N) is 1. The molecule has 3 rings (SSSR count). The zero-order valence-electron chi connectivity index (χ0n) is 10.6. The van der Waals surface area contributed by atoms with Crippen molar-refractivity contribution in [1.29, 1.82) is 0 Å². The molecule has 6 heteroatoms. The third kappa shape index (κ3) is 3.01. The molecule has 0 amide bonds. The van der Waals surface area contributed by atoms with Crippen LogP contribution in [-0.4, -0.2) is 33.3 Å². The molecule has 5 nitrogen and oxygen atoms in total. The highest BCUT2D eigenvalue weighted by Crippen LogP contribution is 2.19. The number of hydrogen-bond donors (Lipinski definition) is 1. The van der Waals surface area contributed by atoms with Crippen LogP contribution in [0.2, 0.25) is 0 Å². The molecule has 0 spiro atoms. The standard InChI is InChI=1S/C13H16BrN5/c14-11-5-1-2-6-12(11)19-17-13(16-18-19)8-10-4-3-7-15-9-10/h1-2,5-6,10,15H,3-4,7-9H2. The molecular weight excluding hydrogens is 306 g/mol. The van der Waals surface area contributed by atoms with E-state index in [2.05, 4.69) is 36.7 Å². The van der Waals surface area contributed by atoms with Gasteiger partial charge in [-0.15, -0.1) is 15.0 Å². The Bertz CT molecular complexity index is 547. The molecule has 0 aliphatic carbocycles. The number of benzene rings is 1. The maximum absolute atomic E-state index is 4.47. The lowest BCUT2D eigenvalue weighted by atomic mass is 9.96. The normalized spacial score (nSPS) is 19.5. The molecule has 0 saturated carbocycles. The van der Waals surface area contributed by atoms with Crippen LogP contribution in [0, 0.1) is 5.92 Å². The quantitative estimate of drug-likeness (QED) is 0.939. The molecule has 1 aliphatic rings. The minimum Gasteiger partial charge on any atom is -0.316 e. The maximum atomic E-state index is 4.47. The van der Waals surface area contributed by atoms with E-state index in [0.717, 1.165) is 35.5 Å². The van der Waals surface area contributed by atoms with Gasteiger partial charge in [0.1, 0.15) is 5.69 Å². The summed E-state index contributed by atoms with van der Waals surface area (Å²) in [7, 11) is 0. The second kappa shape index (κ2) is 5.79. The van der Waals surface area contributed by atoms with Crippen LogP contribution < -0.4 is 5.32 Å². The Morgan fingerprint density at radius 3 is 3.05 bits per heavy atom. The predicted molar refractivity (Wildman–Crippen MR) is 76.2 cm³/mol. The molecule has 1 unspecified atom stereocenters. The fourth-order valence-corrected chi connectivity index (χ4v) is 2.84. The van der Waals surface area contributed by atoms with E-state index >= 15 is 0 Å². The predicted octanol–water partition coefficient (Wildman–Crippen LogP) is 1.97. The van der Waals surface area contributed by atoms with E-state index in [0.29, 0.717) is 5.92 Å².